The van der Waals surface area contributed by atoms with Gasteiger partial charge in [-0.15, -0.1) is 0 Å². The average molecular weight is 177 g/mol. The van der Waals surface area contributed by atoms with Crippen molar-refractivity contribution in [1.29, 1.82) is 0 Å². The van der Waals surface area contributed by atoms with Gasteiger partial charge in [0, 0.05) is 7.05 Å². The van der Waals surface area contributed by atoms with E-state index in [1.807, 2.05) is 18.2 Å². The zero-order chi connectivity index (χ0) is 9.52. The molecule has 70 valence electrons. The molecule has 0 aliphatic rings. The third-order valence-corrected chi connectivity index (χ3v) is 1.81. The van der Waals surface area contributed by atoms with Crippen molar-refractivity contribution in [1.82, 2.24) is 5.48 Å². The second kappa shape index (κ2) is 5.51. The highest BCUT2D eigenvalue weighted by Gasteiger charge is 1.89. The lowest BCUT2D eigenvalue weighted by atomic mass is 10.1. The van der Waals surface area contributed by atoms with E-state index in [2.05, 4.69) is 30.6 Å². The van der Waals surface area contributed by atoms with Crippen molar-refractivity contribution < 1.29 is 4.84 Å². The van der Waals surface area contributed by atoms with Gasteiger partial charge >= 0.3 is 0 Å². The zero-order valence-electron chi connectivity index (χ0n) is 8.08. The van der Waals surface area contributed by atoms with Crippen molar-refractivity contribution in [2.45, 2.75) is 6.92 Å². The van der Waals surface area contributed by atoms with Crippen molar-refractivity contribution in [3.63, 3.8) is 0 Å². The Kier molecular flexibility index (Phi) is 4.23. The van der Waals surface area contributed by atoms with Crippen LogP contribution in [-0.2, 0) is 4.84 Å². The largest absolute Gasteiger partial charge is 0.298 e. The molecular formula is C11H15NO. The lowest BCUT2D eigenvalue weighted by Crippen LogP contribution is -2.06. The third kappa shape index (κ3) is 3.40. The molecule has 0 bridgehead atoms. The van der Waals surface area contributed by atoms with E-state index in [4.69, 9.17) is 4.84 Å². The van der Waals surface area contributed by atoms with E-state index in [0.717, 1.165) is 0 Å². The predicted octanol–water partition coefficient (Wildman–Crippen LogP) is 2.16. The predicted molar refractivity (Wildman–Crippen MR) is 55.2 cm³/mol. The summed E-state index contributed by atoms with van der Waals surface area (Å²) in [7, 11) is 1.75. The highest BCUT2D eigenvalue weighted by molar-refractivity contribution is 5.53. The van der Waals surface area contributed by atoms with Gasteiger partial charge in [0.05, 0.1) is 6.61 Å². The van der Waals surface area contributed by atoms with Gasteiger partial charge in [0.25, 0.3) is 0 Å². The minimum absolute atomic E-state index is 0.588. The highest BCUT2D eigenvalue weighted by Crippen LogP contribution is 2.08. The number of hydroxylamine groups is 1. The Hall–Kier alpha value is -1.12. The minimum atomic E-state index is 0.588. The Balaban J connectivity index is 2.53. The molecule has 0 aromatic heterocycles. The lowest BCUT2D eigenvalue weighted by Gasteiger charge is -1.98. The van der Waals surface area contributed by atoms with E-state index in [9.17, 15) is 0 Å². The van der Waals surface area contributed by atoms with Gasteiger partial charge in [0.15, 0.2) is 0 Å². The van der Waals surface area contributed by atoms with Crippen molar-refractivity contribution >= 4 is 6.08 Å². The van der Waals surface area contributed by atoms with Crippen molar-refractivity contribution in [3.05, 3.63) is 41.5 Å². The molecule has 0 heterocycles. The van der Waals surface area contributed by atoms with Crippen LogP contribution in [0.1, 0.15) is 11.1 Å². The van der Waals surface area contributed by atoms with Crippen LogP contribution in [0, 0.1) is 6.92 Å². The Morgan fingerprint density at radius 2 is 2.15 bits per heavy atom. The first-order valence-electron chi connectivity index (χ1n) is 4.35. The van der Waals surface area contributed by atoms with Crippen molar-refractivity contribution in [2.75, 3.05) is 13.7 Å². The molecule has 0 unspecified atom stereocenters. The molecule has 0 saturated heterocycles. The van der Waals surface area contributed by atoms with E-state index in [1.165, 1.54) is 11.1 Å². The smallest absolute Gasteiger partial charge is 0.0866 e. The van der Waals surface area contributed by atoms with Gasteiger partial charge in [-0.2, -0.15) is 0 Å². The van der Waals surface area contributed by atoms with Gasteiger partial charge in [0.1, 0.15) is 0 Å². The maximum absolute atomic E-state index is 4.96. The Labute approximate surface area is 79.2 Å². The molecule has 2 heteroatoms. The fraction of sp³-hybridized carbons (Fsp3) is 0.273. The Morgan fingerprint density at radius 1 is 1.38 bits per heavy atom. The number of benzene rings is 1. The normalized spacial score (nSPS) is 10.9. The maximum atomic E-state index is 4.96. The third-order valence-electron chi connectivity index (χ3n) is 1.81. The summed E-state index contributed by atoms with van der Waals surface area (Å²) in [5, 5.41) is 0. The van der Waals surface area contributed by atoms with Crippen LogP contribution < -0.4 is 5.48 Å². The zero-order valence-corrected chi connectivity index (χ0v) is 8.08. The quantitative estimate of drug-likeness (QED) is 0.562. The molecule has 1 aromatic rings. The number of hydrogen-bond donors (Lipinski definition) is 1. The molecule has 0 amide bonds. The van der Waals surface area contributed by atoms with Crippen LogP contribution in [0.3, 0.4) is 0 Å². The van der Waals surface area contributed by atoms with Crippen LogP contribution in [0.2, 0.25) is 0 Å². The summed E-state index contributed by atoms with van der Waals surface area (Å²) in [5.74, 6) is 0. The summed E-state index contributed by atoms with van der Waals surface area (Å²) in [5.41, 5.74) is 5.14. The van der Waals surface area contributed by atoms with Crippen LogP contribution in [-0.4, -0.2) is 13.7 Å². The molecule has 1 rings (SSSR count). The van der Waals surface area contributed by atoms with E-state index in [1.54, 1.807) is 7.05 Å². The SMILES string of the molecule is CNOC/C=C/c1ccccc1C. The fourth-order valence-electron chi connectivity index (χ4n) is 1.08. The molecule has 0 aliphatic carbocycles. The van der Waals surface area contributed by atoms with E-state index in [-0.39, 0.29) is 0 Å². The van der Waals surface area contributed by atoms with Gasteiger partial charge in [-0.1, -0.05) is 36.4 Å². The first kappa shape index (κ1) is 9.96. The molecular weight excluding hydrogens is 162 g/mol. The number of rotatable bonds is 4. The highest BCUT2D eigenvalue weighted by atomic mass is 16.6. The second-order valence-electron chi connectivity index (χ2n) is 2.77. The molecule has 0 radical (unpaired) electrons. The van der Waals surface area contributed by atoms with Crippen LogP contribution >= 0.6 is 0 Å². The van der Waals surface area contributed by atoms with Crippen molar-refractivity contribution in [2.24, 2.45) is 0 Å². The molecule has 0 saturated carbocycles. The Morgan fingerprint density at radius 3 is 2.85 bits per heavy atom. The molecule has 1 N–H and O–H groups in total. The Bertz CT molecular complexity index is 281. The monoisotopic (exact) mass is 177 g/mol. The van der Waals surface area contributed by atoms with Gasteiger partial charge in [-0.05, 0) is 18.1 Å². The molecule has 0 aliphatic heterocycles. The van der Waals surface area contributed by atoms with E-state index < -0.39 is 0 Å². The molecule has 0 atom stereocenters. The molecule has 1 aromatic carbocycles. The standard InChI is InChI=1S/C11H15NO/c1-10-6-3-4-7-11(10)8-5-9-13-12-2/h3-8,12H,9H2,1-2H3/b8-5+. The summed E-state index contributed by atoms with van der Waals surface area (Å²) in [6.45, 7) is 2.68. The minimum Gasteiger partial charge on any atom is -0.298 e. The van der Waals surface area contributed by atoms with Crippen LogP contribution in [0.4, 0.5) is 0 Å². The first-order chi connectivity index (χ1) is 6.34. The maximum Gasteiger partial charge on any atom is 0.0866 e. The van der Waals surface area contributed by atoms with Crippen LogP contribution in [0.5, 0.6) is 0 Å². The van der Waals surface area contributed by atoms with Gasteiger partial charge in [0.2, 0.25) is 0 Å². The number of hydrogen-bond acceptors (Lipinski definition) is 2. The summed E-state index contributed by atoms with van der Waals surface area (Å²) < 4.78 is 0. The van der Waals surface area contributed by atoms with Crippen LogP contribution in [0.15, 0.2) is 30.3 Å². The number of nitrogens with one attached hydrogen (secondary N) is 1. The summed E-state index contributed by atoms with van der Waals surface area (Å²) in [4.78, 5) is 4.96. The molecule has 0 spiro atoms. The van der Waals surface area contributed by atoms with E-state index in [0.29, 0.717) is 6.61 Å². The summed E-state index contributed by atoms with van der Waals surface area (Å²) >= 11 is 0. The first-order valence-corrected chi connectivity index (χ1v) is 4.35. The number of aryl methyl sites for hydroxylation is 1. The molecule has 2 nitrogen and oxygen atoms in total. The topological polar surface area (TPSA) is 21.3 Å². The average Bonchev–Trinajstić information content (AvgIpc) is 2.15. The van der Waals surface area contributed by atoms with Crippen LogP contribution in [0.25, 0.3) is 6.08 Å². The van der Waals surface area contributed by atoms with Gasteiger partial charge in [-0.25, -0.2) is 5.48 Å². The van der Waals surface area contributed by atoms with E-state index >= 15 is 0 Å². The fourth-order valence-corrected chi connectivity index (χ4v) is 1.08. The summed E-state index contributed by atoms with van der Waals surface area (Å²) in [6.07, 6.45) is 4.05. The van der Waals surface area contributed by atoms with Gasteiger partial charge in [-0.3, -0.25) is 4.84 Å². The molecule has 0 fully saturated rings. The van der Waals surface area contributed by atoms with Crippen molar-refractivity contribution in [3.8, 4) is 0 Å². The van der Waals surface area contributed by atoms with Gasteiger partial charge < -0.3 is 0 Å². The molecule has 13 heavy (non-hydrogen) atoms. The lowest BCUT2D eigenvalue weighted by molar-refractivity contribution is 0.0814. The summed E-state index contributed by atoms with van der Waals surface area (Å²) in [6, 6.07) is 8.26. The second-order valence-corrected chi connectivity index (χ2v) is 2.77.